The molecular formula is C6H13N3O2. The van der Waals surface area contributed by atoms with Gasteiger partial charge in [0.1, 0.15) is 0 Å². The first-order chi connectivity index (χ1) is 5.16. The van der Waals surface area contributed by atoms with Gasteiger partial charge in [0, 0.05) is 4.91 Å². The Morgan fingerprint density at radius 3 is 2.73 bits per heavy atom. The number of hydrogen-bond donors (Lipinski definition) is 1. The highest BCUT2D eigenvalue weighted by Gasteiger charge is 2.02. The van der Waals surface area contributed by atoms with Crippen molar-refractivity contribution in [1.82, 2.24) is 0 Å². The molecule has 64 valence electrons. The van der Waals surface area contributed by atoms with Crippen LogP contribution < -0.4 is 0 Å². The van der Waals surface area contributed by atoms with Gasteiger partial charge in [0.2, 0.25) is 0 Å². The number of aliphatic hydroxyl groups excluding tert-OH is 1. The summed E-state index contributed by atoms with van der Waals surface area (Å²) in [6.45, 7) is 4.04. The maximum atomic E-state index is 9.04. The molecule has 0 aromatic carbocycles. The molecule has 0 aliphatic heterocycles. The molecule has 0 heterocycles. The van der Waals surface area contributed by atoms with Crippen LogP contribution in [0.3, 0.4) is 0 Å². The van der Waals surface area contributed by atoms with Gasteiger partial charge in [-0.25, -0.2) is 0 Å². The molecule has 0 rings (SSSR count). The quantitative estimate of drug-likeness (QED) is 0.370. The molecule has 5 nitrogen and oxygen atoms in total. The molecule has 0 radical (unpaired) electrons. The monoisotopic (exact) mass is 159 g/mol. The Morgan fingerprint density at radius 1 is 1.64 bits per heavy atom. The van der Waals surface area contributed by atoms with E-state index in [1.165, 1.54) is 0 Å². The van der Waals surface area contributed by atoms with E-state index in [1.54, 1.807) is 0 Å². The Labute approximate surface area is 65.6 Å². The normalized spacial score (nSPS) is 12.7. The summed E-state index contributed by atoms with van der Waals surface area (Å²) in [6, 6.07) is 0. The van der Waals surface area contributed by atoms with Crippen LogP contribution in [-0.4, -0.2) is 30.5 Å². The summed E-state index contributed by atoms with van der Waals surface area (Å²) in [5.41, 5.74) is 7.90. The van der Waals surface area contributed by atoms with Gasteiger partial charge in [0.25, 0.3) is 0 Å². The molecule has 0 aromatic rings. The zero-order valence-corrected chi connectivity index (χ0v) is 6.77. The van der Waals surface area contributed by atoms with Crippen LogP contribution in [0.25, 0.3) is 10.4 Å². The van der Waals surface area contributed by atoms with Crippen LogP contribution in [0.5, 0.6) is 0 Å². The second-order valence-corrected chi connectivity index (χ2v) is 2.45. The maximum absolute atomic E-state index is 9.04. The van der Waals surface area contributed by atoms with E-state index in [-0.39, 0.29) is 19.3 Å². The highest BCUT2D eigenvalue weighted by molar-refractivity contribution is 4.58. The van der Waals surface area contributed by atoms with E-state index in [2.05, 4.69) is 10.0 Å². The van der Waals surface area contributed by atoms with Crippen LogP contribution in [0.15, 0.2) is 5.11 Å². The Balaban J connectivity index is 3.36. The van der Waals surface area contributed by atoms with Crippen molar-refractivity contribution >= 4 is 0 Å². The lowest BCUT2D eigenvalue weighted by Gasteiger charge is -2.10. The van der Waals surface area contributed by atoms with Gasteiger partial charge in [0.15, 0.2) is 0 Å². The molecule has 1 N–H and O–H groups in total. The predicted octanol–water partition coefficient (Wildman–Crippen LogP) is 1.08. The van der Waals surface area contributed by atoms with Crippen molar-refractivity contribution in [3.63, 3.8) is 0 Å². The van der Waals surface area contributed by atoms with Gasteiger partial charge in [-0.1, -0.05) is 5.11 Å². The molecule has 0 aromatic heterocycles. The minimum atomic E-state index is -0.687. The second-order valence-electron chi connectivity index (χ2n) is 2.45. The molecule has 0 fully saturated rings. The fourth-order valence-corrected chi connectivity index (χ4v) is 0.487. The molecule has 0 amide bonds. The molecule has 0 saturated carbocycles. The summed E-state index contributed by atoms with van der Waals surface area (Å²) in [5, 5.41) is 12.2. The molecule has 0 bridgehead atoms. The molecule has 0 aliphatic rings. The van der Waals surface area contributed by atoms with Crippen LogP contribution in [0.4, 0.5) is 0 Å². The first-order valence-electron chi connectivity index (χ1n) is 3.47. The first kappa shape index (κ1) is 10.2. The number of nitrogens with zero attached hydrogens (tertiary/aromatic N) is 3. The van der Waals surface area contributed by atoms with Crippen molar-refractivity contribution in [3.05, 3.63) is 10.4 Å². The third-order valence-corrected chi connectivity index (χ3v) is 0.978. The van der Waals surface area contributed by atoms with Crippen LogP contribution in [-0.2, 0) is 4.74 Å². The minimum Gasteiger partial charge on any atom is -0.391 e. The number of rotatable bonds is 5. The van der Waals surface area contributed by atoms with Gasteiger partial charge in [0.05, 0.1) is 25.4 Å². The summed E-state index contributed by atoms with van der Waals surface area (Å²) >= 11 is 0. The van der Waals surface area contributed by atoms with Gasteiger partial charge in [-0.15, -0.1) is 0 Å². The number of hydrogen-bond acceptors (Lipinski definition) is 3. The van der Waals surface area contributed by atoms with Gasteiger partial charge in [-0.05, 0) is 19.4 Å². The first-order valence-corrected chi connectivity index (χ1v) is 3.47. The third kappa shape index (κ3) is 7.12. The standard InChI is InChI=1S/C6H13N3O2/c1-5(2)11-4-6(10)3-8-9-7/h5-6,10H,3-4H2,1-2H3. The van der Waals surface area contributed by atoms with Crippen LogP contribution in [0, 0.1) is 0 Å². The van der Waals surface area contributed by atoms with E-state index < -0.39 is 6.10 Å². The Morgan fingerprint density at radius 2 is 2.27 bits per heavy atom. The number of aliphatic hydroxyl groups is 1. The van der Waals surface area contributed by atoms with E-state index >= 15 is 0 Å². The van der Waals surface area contributed by atoms with Crippen molar-refractivity contribution in [2.45, 2.75) is 26.1 Å². The summed E-state index contributed by atoms with van der Waals surface area (Å²) in [4.78, 5) is 2.51. The smallest absolute Gasteiger partial charge is 0.0830 e. The Hall–Kier alpha value is -0.770. The molecule has 0 aliphatic carbocycles. The fourth-order valence-electron chi connectivity index (χ4n) is 0.487. The molecule has 0 spiro atoms. The molecule has 1 atom stereocenters. The van der Waals surface area contributed by atoms with Gasteiger partial charge in [-0.2, -0.15) is 0 Å². The summed E-state index contributed by atoms with van der Waals surface area (Å²) in [7, 11) is 0. The summed E-state index contributed by atoms with van der Waals surface area (Å²) in [6.07, 6.45) is -0.594. The largest absolute Gasteiger partial charge is 0.391 e. The molecule has 1 unspecified atom stereocenters. The van der Waals surface area contributed by atoms with Crippen molar-refractivity contribution in [1.29, 1.82) is 0 Å². The number of ether oxygens (including phenoxy) is 1. The Bertz CT molecular complexity index is 143. The van der Waals surface area contributed by atoms with Gasteiger partial charge < -0.3 is 9.84 Å². The van der Waals surface area contributed by atoms with E-state index in [0.29, 0.717) is 0 Å². The van der Waals surface area contributed by atoms with E-state index in [4.69, 9.17) is 15.4 Å². The summed E-state index contributed by atoms with van der Waals surface area (Å²) < 4.78 is 5.07. The average Bonchev–Trinajstić information content (AvgIpc) is 1.97. The predicted molar refractivity (Wildman–Crippen MR) is 41.1 cm³/mol. The zero-order valence-electron chi connectivity index (χ0n) is 6.77. The van der Waals surface area contributed by atoms with E-state index in [1.807, 2.05) is 13.8 Å². The lowest BCUT2D eigenvalue weighted by atomic mass is 10.4. The highest BCUT2D eigenvalue weighted by atomic mass is 16.5. The number of azide groups is 1. The van der Waals surface area contributed by atoms with Crippen LogP contribution in [0.1, 0.15) is 13.8 Å². The minimum absolute atomic E-state index is 0.0726. The molecular weight excluding hydrogens is 146 g/mol. The maximum Gasteiger partial charge on any atom is 0.0830 e. The van der Waals surface area contributed by atoms with Gasteiger partial charge >= 0.3 is 0 Å². The SMILES string of the molecule is CC(C)OCC(O)CN=[N+]=[N-]. The second kappa shape index (κ2) is 5.97. The molecule has 5 heteroatoms. The van der Waals surface area contributed by atoms with E-state index in [0.717, 1.165) is 0 Å². The lowest BCUT2D eigenvalue weighted by Crippen LogP contribution is -2.20. The Kier molecular flexibility index (Phi) is 5.56. The highest BCUT2D eigenvalue weighted by Crippen LogP contribution is 1.92. The zero-order chi connectivity index (χ0) is 8.69. The van der Waals surface area contributed by atoms with Crippen LogP contribution in [0.2, 0.25) is 0 Å². The van der Waals surface area contributed by atoms with E-state index in [9.17, 15) is 0 Å². The molecule has 11 heavy (non-hydrogen) atoms. The third-order valence-electron chi connectivity index (χ3n) is 0.978. The topological polar surface area (TPSA) is 78.2 Å². The molecule has 0 saturated heterocycles. The lowest BCUT2D eigenvalue weighted by molar-refractivity contribution is 0.00967. The average molecular weight is 159 g/mol. The van der Waals surface area contributed by atoms with Crippen molar-refractivity contribution < 1.29 is 9.84 Å². The van der Waals surface area contributed by atoms with Crippen molar-refractivity contribution in [2.75, 3.05) is 13.2 Å². The van der Waals surface area contributed by atoms with Gasteiger partial charge in [-0.3, -0.25) is 0 Å². The fraction of sp³-hybridized carbons (Fsp3) is 1.00. The van der Waals surface area contributed by atoms with Crippen LogP contribution >= 0.6 is 0 Å². The van der Waals surface area contributed by atoms with Crippen molar-refractivity contribution in [3.8, 4) is 0 Å². The van der Waals surface area contributed by atoms with Crippen molar-refractivity contribution in [2.24, 2.45) is 5.11 Å². The summed E-state index contributed by atoms with van der Waals surface area (Å²) in [5.74, 6) is 0.